The van der Waals surface area contributed by atoms with Gasteiger partial charge in [0.25, 0.3) is 23.6 Å². The highest BCUT2D eigenvalue weighted by molar-refractivity contribution is 6.46. The van der Waals surface area contributed by atoms with Crippen molar-refractivity contribution >= 4 is 46.8 Å². The zero-order valence-corrected chi connectivity index (χ0v) is 34.2. The number of carbonyl (C=O) groups excluding carboxylic acids is 6. The molecule has 4 aliphatic rings. The number of amides is 6. The Kier molecular flexibility index (Phi) is 15.1. The lowest BCUT2D eigenvalue weighted by molar-refractivity contribution is -0.136. The van der Waals surface area contributed by atoms with Gasteiger partial charge in [-0.15, -0.1) is 5.10 Å². The van der Waals surface area contributed by atoms with Crippen LogP contribution in [0.2, 0.25) is 0 Å². The minimum atomic E-state index is -1.03. The number of anilines is 1. The van der Waals surface area contributed by atoms with Gasteiger partial charge in [0.2, 0.25) is 11.8 Å². The highest BCUT2D eigenvalue weighted by Gasteiger charge is 2.45. The van der Waals surface area contributed by atoms with Gasteiger partial charge in [0.05, 0.1) is 88.5 Å². The van der Waals surface area contributed by atoms with E-state index in [1.54, 1.807) is 23.0 Å². The van der Waals surface area contributed by atoms with Gasteiger partial charge in [-0.1, -0.05) is 17.3 Å². The fourth-order valence-electron chi connectivity index (χ4n) is 7.58. The first-order valence-corrected chi connectivity index (χ1v) is 20.7. The lowest BCUT2D eigenvalue weighted by Gasteiger charge is -2.29. The largest absolute Gasteiger partial charge is 0.382 e. The summed E-state index contributed by atoms with van der Waals surface area (Å²) in [4.78, 5) is 80.8. The lowest BCUT2D eigenvalue weighted by atomic mass is 9.92. The number of rotatable bonds is 21. The van der Waals surface area contributed by atoms with Gasteiger partial charge < -0.3 is 34.9 Å². The van der Waals surface area contributed by atoms with E-state index in [1.165, 1.54) is 12.1 Å². The molecule has 6 amide bonds. The molecule has 7 rings (SSSR count). The molecule has 2 aromatic carbocycles. The number of piperidine rings is 1. The van der Waals surface area contributed by atoms with E-state index < -0.39 is 58.7 Å². The van der Waals surface area contributed by atoms with E-state index in [-0.39, 0.29) is 60.7 Å². The van der Waals surface area contributed by atoms with Crippen molar-refractivity contribution in [2.24, 2.45) is 4.99 Å². The molecule has 1 unspecified atom stereocenters. The number of halogens is 2. The Morgan fingerprint density at radius 2 is 1.56 bits per heavy atom. The number of carbonyl (C=O) groups is 6. The molecule has 4 N–H and O–H groups in total. The van der Waals surface area contributed by atoms with Gasteiger partial charge in [0.1, 0.15) is 34.6 Å². The number of fused-ring (bicyclic) bond motifs is 1. The van der Waals surface area contributed by atoms with Crippen LogP contribution in [0.15, 0.2) is 59.4 Å². The molecule has 1 saturated carbocycles. The predicted molar refractivity (Wildman–Crippen MR) is 217 cm³/mol. The molecular weight excluding hydrogens is 829 g/mol. The van der Waals surface area contributed by atoms with E-state index in [0.717, 1.165) is 23.1 Å². The Morgan fingerprint density at radius 1 is 0.841 bits per heavy atom. The zero-order chi connectivity index (χ0) is 44.3. The number of benzene rings is 2. The summed E-state index contributed by atoms with van der Waals surface area (Å²) in [5.74, 6) is -5.73. The minimum Gasteiger partial charge on any atom is -0.382 e. The second-order valence-corrected chi connectivity index (χ2v) is 15.0. The average Bonchev–Trinajstić information content (AvgIpc) is 3.99. The van der Waals surface area contributed by atoms with Crippen molar-refractivity contribution in [3.05, 3.63) is 88.4 Å². The third-order valence-electron chi connectivity index (χ3n) is 10.8. The first kappa shape index (κ1) is 44.8. The molecule has 0 radical (unpaired) electrons. The summed E-state index contributed by atoms with van der Waals surface area (Å²) in [7, 11) is 0. The number of nitrogens with zero attached hydrogens (tertiary/aromatic N) is 5. The van der Waals surface area contributed by atoms with E-state index in [4.69, 9.17) is 18.9 Å². The van der Waals surface area contributed by atoms with Crippen molar-refractivity contribution in [3.8, 4) is 0 Å². The molecule has 0 spiro atoms. The molecule has 63 heavy (non-hydrogen) atoms. The topological polar surface area (TPSA) is 234 Å². The Hall–Kier alpha value is -6.29. The molecule has 3 aliphatic heterocycles. The van der Waals surface area contributed by atoms with E-state index in [0.29, 0.717) is 89.8 Å². The number of hydrogen-bond acceptors (Lipinski definition) is 14. The van der Waals surface area contributed by atoms with Crippen LogP contribution >= 0.6 is 0 Å². The van der Waals surface area contributed by atoms with Crippen LogP contribution in [0.5, 0.6) is 0 Å². The van der Waals surface area contributed by atoms with Crippen LogP contribution in [-0.2, 0) is 46.5 Å². The summed E-state index contributed by atoms with van der Waals surface area (Å²) >= 11 is 0. The number of aromatic nitrogens is 3. The summed E-state index contributed by atoms with van der Waals surface area (Å²) in [5.41, 5.74) is 0.893. The second-order valence-electron chi connectivity index (χ2n) is 15.0. The number of aliphatic imine (C=N–C) groups is 1. The molecule has 1 saturated heterocycles. The van der Waals surface area contributed by atoms with Gasteiger partial charge in [-0.3, -0.25) is 44.0 Å². The van der Waals surface area contributed by atoms with Gasteiger partial charge >= 0.3 is 0 Å². The zero-order valence-electron chi connectivity index (χ0n) is 34.2. The average molecular weight is 876 g/mol. The molecule has 19 nitrogen and oxygen atoms in total. The monoisotopic (exact) mass is 875 g/mol. The molecule has 1 atom stereocenters. The molecule has 334 valence electrons. The maximum absolute atomic E-state index is 14.1. The van der Waals surface area contributed by atoms with Gasteiger partial charge in [-0.05, 0) is 62.4 Å². The minimum absolute atomic E-state index is 0.00437. The van der Waals surface area contributed by atoms with Crippen LogP contribution in [0.3, 0.4) is 0 Å². The molecular formula is C42H47F2N9O10. The normalized spacial score (nSPS) is 19.7. The summed E-state index contributed by atoms with van der Waals surface area (Å²) in [5, 5.41) is 19.0. The first-order valence-electron chi connectivity index (χ1n) is 20.7. The van der Waals surface area contributed by atoms with Crippen molar-refractivity contribution < 1.29 is 56.5 Å². The van der Waals surface area contributed by atoms with E-state index in [2.05, 4.69) is 36.6 Å². The second kappa shape index (κ2) is 21.2. The summed E-state index contributed by atoms with van der Waals surface area (Å²) in [6.07, 6.45) is 6.15. The van der Waals surface area contributed by atoms with Crippen LogP contribution in [0, 0.1) is 11.6 Å². The molecule has 21 heteroatoms. The molecule has 0 bridgehead atoms. The van der Waals surface area contributed by atoms with E-state index in [1.807, 2.05) is 0 Å². The number of ether oxygens (including phenoxy) is 4. The van der Waals surface area contributed by atoms with Crippen LogP contribution in [-0.4, -0.2) is 132 Å². The van der Waals surface area contributed by atoms with Crippen LogP contribution in [0.4, 0.5) is 14.5 Å². The fourth-order valence-corrected chi connectivity index (χ4v) is 7.58. The standard InChI is InChI=1S/C42H47F2N9O10/c43-29-4-2-5-30(44)36(29)39(56)48-32-13-14-46-37(32)40(57)47-25-7-9-27(10-8-25)63-24-26-23-52(51-50-26)16-18-61-20-22-62-21-19-60-17-15-45-31-6-1-3-28-35(31)42(59)53(41(28)58)33-11-12-34(54)49-38(33)55/h1-6,13,23,25,27,33,45H,7-12,14-22,24H2,(H,47,57)(H,48,56)(H,49,54,55). The third kappa shape index (κ3) is 11.2. The number of imide groups is 2. The van der Waals surface area contributed by atoms with E-state index >= 15 is 0 Å². The lowest BCUT2D eigenvalue weighted by Crippen LogP contribution is -2.54. The Bertz CT molecular complexity index is 2260. The number of hydrogen-bond donors (Lipinski definition) is 4. The fraction of sp³-hybridized carbons (Fsp3) is 0.452. The van der Waals surface area contributed by atoms with Crippen molar-refractivity contribution in [3.63, 3.8) is 0 Å². The summed E-state index contributed by atoms with van der Waals surface area (Å²) in [6, 6.07) is 6.83. The van der Waals surface area contributed by atoms with Crippen molar-refractivity contribution in [1.29, 1.82) is 0 Å². The van der Waals surface area contributed by atoms with Crippen LogP contribution in [0.25, 0.3) is 0 Å². The molecule has 3 aromatic rings. The van der Waals surface area contributed by atoms with Gasteiger partial charge in [-0.2, -0.15) is 0 Å². The Morgan fingerprint density at radius 3 is 2.30 bits per heavy atom. The summed E-state index contributed by atoms with van der Waals surface area (Å²) in [6.45, 7) is 3.40. The van der Waals surface area contributed by atoms with E-state index in [9.17, 15) is 37.5 Å². The first-order chi connectivity index (χ1) is 30.6. The smallest absolute Gasteiger partial charge is 0.271 e. The quantitative estimate of drug-likeness (QED) is 0.0885. The predicted octanol–water partition coefficient (Wildman–Crippen LogP) is 1.83. The highest BCUT2D eigenvalue weighted by Crippen LogP contribution is 2.32. The maximum Gasteiger partial charge on any atom is 0.271 e. The molecule has 4 heterocycles. The van der Waals surface area contributed by atoms with Crippen molar-refractivity contribution in [1.82, 2.24) is 35.8 Å². The van der Waals surface area contributed by atoms with Gasteiger partial charge in [0.15, 0.2) is 0 Å². The van der Waals surface area contributed by atoms with Crippen molar-refractivity contribution in [2.75, 3.05) is 58.0 Å². The third-order valence-corrected chi connectivity index (χ3v) is 10.8. The number of nitrogens with one attached hydrogen (secondary N) is 4. The van der Waals surface area contributed by atoms with Crippen LogP contribution < -0.4 is 21.3 Å². The van der Waals surface area contributed by atoms with Crippen LogP contribution in [0.1, 0.15) is 75.3 Å². The SMILES string of the molecule is O=C1CCC(N2C(=O)c3cccc(NCCOCCOCCOCCn4cc(COC5CCC(NC(=O)C6=NCC=C6NC(=O)c6c(F)cccc6F)CC5)nn4)c3C2=O)C(=O)N1. The summed E-state index contributed by atoms with van der Waals surface area (Å²) < 4.78 is 52.7. The van der Waals surface area contributed by atoms with Crippen molar-refractivity contribution in [2.45, 2.75) is 69.9 Å². The Labute approximate surface area is 359 Å². The molecule has 1 aromatic heterocycles. The molecule has 1 aliphatic carbocycles. The van der Waals surface area contributed by atoms with Gasteiger partial charge in [0, 0.05) is 24.7 Å². The maximum atomic E-state index is 14.1. The molecule has 2 fully saturated rings. The Balaban J connectivity index is 0.699. The highest BCUT2D eigenvalue weighted by atomic mass is 19.1. The van der Waals surface area contributed by atoms with Gasteiger partial charge in [-0.25, -0.2) is 13.5 Å².